The third-order valence-electron chi connectivity index (χ3n) is 3.46. The predicted molar refractivity (Wildman–Crippen MR) is 79.7 cm³/mol. The molecule has 0 saturated carbocycles. The largest absolute Gasteiger partial charge is 0.466 e. The first-order valence-corrected chi connectivity index (χ1v) is 6.80. The number of hydrogen-bond acceptors (Lipinski definition) is 3. The van der Waals surface area contributed by atoms with Crippen LogP contribution < -0.4 is 0 Å². The fourth-order valence-electron chi connectivity index (χ4n) is 2.28. The molecule has 0 aliphatic carbocycles. The highest BCUT2D eigenvalue weighted by atomic mass is 16.4. The Balaban J connectivity index is 1.84. The van der Waals surface area contributed by atoms with Crippen LogP contribution in [0.4, 0.5) is 0 Å². The Hall–Kier alpha value is -2.36. The average Bonchev–Trinajstić information content (AvgIpc) is 3.05. The molecule has 2 aromatic carbocycles. The van der Waals surface area contributed by atoms with E-state index in [2.05, 4.69) is 0 Å². The van der Waals surface area contributed by atoms with Crippen LogP contribution in [0.5, 0.6) is 0 Å². The first-order chi connectivity index (χ1) is 10.3. The van der Waals surface area contributed by atoms with Crippen molar-refractivity contribution in [3.63, 3.8) is 0 Å². The third kappa shape index (κ3) is 2.89. The Bertz CT molecular complexity index is 629. The summed E-state index contributed by atoms with van der Waals surface area (Å²) < 4.78 is 5.41. The molecule has 106 valence electrons. The van der Waals surface area contributed by atoms with Crippen LogP contribution >= 0.6 is 0 Å². The second kappa shape index (κ2) is 5.95. The highest BCUT2D eigenvalue weighted by Crippen LogP contribution is 2.28. The Morgan fingerprint density at radius 2 is 1.19 bits per heavy atom. The maximum atomic E-state index is 10.3. The number of furan rings is 1. The van der Waals surface area contributed by atoms with Crippen molar-refractivity contribution in [3.8, 4) is 0 Å². The summed E-state index contributed by atoms with van der Waals surface area (Å²) >= 11 is 0. The lowest BCUT2D eigenvalue weighted by molar-refractivity contribution is 0.189. The van der Waals surface area contributed by atoms with Gasteiger partial charge in [-0.25, -0.2) is 0 Å². The van der Waals surface area contributed by atoms with E-state index < -0.39 is 12.2 Å². The van der Waals surface area contributed by atoms with Gasteiger partial charge in [0.15, 0.2) is 0 Å². The van der Waals surface area contributed by atoms with E-state index in [4.69, 9.17) is 4.42 Å². The molecule has 1 aromatic heterocycles. The van der Waals surface area contributed by atoms with Gasteiger partial charge in [0, 0.05) is 5.56 Å². The molecule has 3 heteroatoms. The smallest absolute Gasteiger partial charge is 0.137 e. The van der Waals surface area contributed by atoms with E-state index in [9.17, 15) is 10.2 Å². The van der Waals surface area contributed by atoms with Gasteiger partial charge in [0.2, 0.25) is 0 Å². The van der Waals surface area contributed by atoms with Crippen molar-refractivity contribution in [3.05, 3.63) is 95.4 Å². The first-order valence-electron chi connectivity index (χ1n) is 6.80. The van der Waals surface area contributed by atoms with Crippen molar-refractivity contribution in [1.82, 2.24) is 0 Å². The van der Waals surface area contributed by atoms with Crippen molar-refractivity contribution in [1.29, 1.82) is 0 Å². The monoisotopic (exact) mass is 280 g/mol. The molecule has 3 aromatic rings. The van der Waals surface area contributed by atoms with Crippen LogP contribution in [-0.2, 0) is 0 Å². The number of rotatable bonds is 4. The Kier molecular flexibility index (Phi) is 3.86. The van der Waals surface area contributed by atoms with Crippen LogP contribution in [-0.4, -0.2) is 10.2 Å². The molecular formula is C18H16O3. The molecule has 0 fully saturated rings. The van der Waals surface area contributed by atoms with Crippen LogP contribution in [0.15, 0.2) is 77.4 Å². The molecule has 0 bridgehead atoms. The van der Waals surface area contributed by atoms with E-state index in [1.54, 1.807) is 6.07 Å². The molecule has 0 radical (unpaired) electrons. The fourth-order valence-corrected chi connectivity index (χ4v) is 2.28. The van der Waals surface area contributed by atoms with Crippen LogP contribution in [0.3, 0.4) is 0 Å². The van der Waals surface area contributed by atoms with Crippen LogP contribution in [0.25, 0.3) is 0 Å². The molecule has 1 heterocycles. The molecule has 2 unspecified atom stereocenters. The lowest BCUT2D eigenvalue weighted by Crippen LogP contribution is -1.99. The molecule has 0 aliphatic rings. The topological polar surface area (TPSA) is 53.6 Å². The van der Waals surface area contributed by atoms with E-state index in [1.807, 2.05) is 60.7 Å². The normalized spacial score (nSPS) is 13.8. The van der Waals surface area contributed by atoms with E-state index in [1.165, 1.54) is 6.26 Å². The third-order valence-corrected chi connectivity index (χ3v) is 3.46. The zero-order chi connectivity index (χ0) is 14.7. The minimum absolute atomic E-state index is 0.422. The molecule has 0 saturated heterocycles. The SMILES string of the molecule is OC(c1ccccc1)c1coc(C(O)c2ccccc2)c1. The van der Waals surface area contributed by atoms with Crippen molar-refractivity contribution in [2.45, 2.75) is 12.2 Å². The minimum atomic E-state index is -0.831. The molecule has 0 spiro atoms. The van der Waals surface area contributed by atoms with Gasteiger partial charge in [-0.1, -0.05) is 60.7 Å². The maximum absolute atomic E-state index is 10.3. The summed E-state index contributed by atoms with van der Waals surface area (Å²) in [6.45, 7) is 0. The van der Waals surface area contributed by atoms with Gasteiger partial charge in [-0.15, -0.1) is 0 Å². The summed E-state index contributed by atoms with van der Waals surface area (Å²) in [5.41, 5.74) is 2.18. The summed E-state index contributed by atoms with van der Waals surface area (Å²) in [6, 6.07) is 20.3. The quantitative estimate of drug-likeness (QED) is 0.769. The summed E-state index contributed by atoms with van der Waals surface area (Å²) in [4.78, 5) is 0. The Labute approximate surface area is 123 Å². The van der Waals surface area contributed by atoms with E-state index in [-0.39, 0.29) is 0 Å². The van der Waals surface area contributed by atoms with Gasteiger partial charge < -0.3 is 14.6 Å². The second-order valence-electron chi connectivity index (χ2n) is 4.91. The van der Waals surface area contributed by atoms with Gasteiger partial charge in [-0.3, -0.25) is 0 Å². The molecule has 2 atom stereocenters. The molecule has 21 heavy (non-hydrogen) atoms. The summed E-state index contributed by atoms with van der Waals surface area (Å²) in [5.74, 6) is 0.422. The molecule has 0 amide bonds. The number of hydrogen-bond donors (Lipinski definition) is 2. The van der Waals surface area contributed by atoms with Gasteiger partial charge in [-0.05, 0) is 17.2 Å². The van der Waals surface area contributed by atoms with Crippen molar-refractivity contribution in [2.24, 2.45) is 0 Å². The van der Waals surface area contributed by atoms with Gasteiger partial charge >= 0.3 is 0 Å². The molecule has 2 N–H and O–H groups in total. The lowest BCUT2D eigenvalue weighted by Gasteiger charge is -2.08. The molecule has 0 aliphatic heterocycles. The van der Waals surface area contributed by atoms with Gasteiger partial charge in [0.05, 0.1) is 6.26 Å². The van der Waals surface area contributed by atoms with E-state index in [0.717, 1.165) is 11.1 Å². The van der Waals surface area contributed by atoms with Gasteiger partial charge in [0.1, 0.15) is 18.0 Å². The van der Waals surface area contributed by atoms with E-state index >= 15 is 0 Å². The van der Waals surface area contributed by atoms with Crippen LogP contribution in [0.1, 0.15) is 34.7 Å². The van der Waals surface area contributed by atoms with Gasteiger partial charge in [-0.2, -0.15) is 0 Å². The summed E-state index contributed by atoms with van der Waals surface area (Å²) in [7, 11) is 0. The highest BCUT2D eigenvalue weighted by molar-refractivity contribution is 5.31. The molecular weight excluding hydrogens is 264 g/mol. The number of aliphatic hydroxyl groups excluding tert-OH is 2. The Morgan fingerprint density at radius 3 is 1.76 bits per heavy atom. The minimum Gasteiger partial charge on any atom is -0.466 e. The van der Waals surface area contributed by atoms with Crippen LogP contribution in [0.2, 0.25) is 0 Å². The summed E-state index contributed by atoms with van der Waals surface area (Å²) in [6.07, 6.45) is -0.103. The fraction of sp³-hybridized carbons (Fsp3) is 0.111. The zero-order valence-corrected chi connectivity index (χ0v) is 11.4. The number of aliphatic hydroxyl groups is 2. The average molecular weight is 280 g/mol. The summed E-state index contributed by atoms with van der Waals surface area (Å²) in [5, 5.41) is 20.6. The van der Waals surface area contributed by atoms with Crippen molar-refractivity contribution < 1.29 is 14.6 Å². The second-order valence-corrected chi connectivity index (χ2v) is 4.91. The number of benzene rings is 2. The van der Waals surface area contributed by atoms with Crippen LogP contribution in [0, 0.1) is 0 Å². The van der Waals surface area contributed by atoms with Crippen molar-refractivity contribution >= 4 is 0 Å². The van der Waals surface area contributed by atoms with E-state index in [0.29, 0.717) is 11.3 Å². The molecule has 3 rings (SSSR count). The van der Waals surface area contributed by atoms with Crippen molar-refractivity contribution in [2.75, 3.05) is 0 Å². The molecule has 3 nitrogen and oxygen atoms in total. The Morgan fingerprint density at radius 1 is 0.667 bits per heavy atom. The maximum Gasteiger partial charge on any atom is 0.137 e. The standard InChI is InChI=1S/C18H16O3/c19-17(13-7-3-1-4-8-13)15-11-16(21-12-15)18(20)14-9-5-2-6-10-14/h1-12,17-20H. The zero-order valence-electron chi connectivity index (χ0n) is 11.4. The predicted octanol–water partition coefficient (Wildman–Crippen LogP) is 3.44. The first kappa shape index (κ1) is 13.6. The highest BCUT2D eigenvalue weighted by Gasteiger charge is 2.18. The lowest BCUT2D eigenvalue weighted by atomic mass is 10.0. The van der Waals surface area contributed by atoms with Gasteiger partial charge in [0.25, 0.3) is 0 Å².